The molecule has 0 radical (unpaired) electrons. The Balaban J connectivity index is 1.91. The van der Waals surface area contributed by atoms with Crippen LogP contribution in [0.5, 0.6) is 0 Å². The number of carbonyl (C=O) groups is 1. The summed E-state index contributed by atoms with van der Waals surface area (Å²) in [6.07, 6.45) is 1.60. The van der Waals surface area contributed by atoms with Crippen LogP contribution < -0.4 is 10.6 Å². The summed E-state index contributed by atoms with van der Waals surface area (Å²) in [5.41, 5.74) is 0. The molecule has 0 saturated carbocycles. The highest BCUT2D eigenvalue weighted by Crippen LogP contribution is 2.15. The van der Waals surface area contributed by atoms with Gasteiger partial charge in [-0.15, -0.1) is 10.2 Å². The first-order valence-corrected chi connectivity index (χ1v) is 6.44. The summed E-state index contributed by atoms with van der Waals surface area (Å²) in [5.74, 6) is 2.24. The van der Waals surface area contributed by atoms with Gasteiger partial charge in [-0.1, -0.05) is 0 Å². The van der Waals surface area contributed by atoms with Gasteiger partial charge >= 0.3 is 6.03 Å². The van der Waals surface area contributed by atoms with Gasteiger partial charge in [-0.2, -0.15) is 0 Å². The Morgan fingerprint density at radius 1 is 1.30 bits per heavy atom. The summed E-state index contributed by atoms with van der Waals surface area (Å²) in [6.45, 7) is 5.59. The SMILES string of the molecule is Cc1ccc([C@H](C)NC(=O)N[C@@H](C)c2nncn2C)o1. The van der Waals surface area contributed by atoms with Crippen molar-refractivity contribution in [2.45, 2.75) is 32.9 Å². The highest BCUT2D eigenvalue weighted by Gasteiger charge is 2.17. The lowest BCUT2D eigenvalue weighted by Crippen LogP contribution is -2.39. The second-order valence-corrected chi connectivity index (χ2v) is 4.81. The molecule has 0 fully saturated rings. The molecule has 7 nitrogen and oxygen atoms in total. The van der Waals surface area contributed by atoms with Gasteiger partial charge in [0.15, 0.2) is 5.82 Å². The number of furan rings is 1. The van der Waals surface area contributed by atoms with Gasteiger partial charge in [-0.25, -0.2) is 4.79 Å². The molecule has 0 spiro atoms. The predicted octanol–water partition coefficient (Wildman–Crippen LogP) is 1.84. The molecule has 20 heavy (non-hydrogen) atoms. The fourth-order valence-electron chi connectivity index (χ4n) is 1.94. The first-order chi connectivity index (χ1) is 9.47. The molecule has 0 saturated heterocycles. The summed E-state index contributed by atoms with van der Waals surface area (Å²) in [5, 5.41) is 13.4. The van der Waals surface area contributed by atoms with Crippen LogP contribution in [0.1, 0.15) is 43.3 Å². The Labute approximate surface area is 117 Å². The lowest BCUT2D eigenvalue weighted by molar-refractivity contribution is 0.232. The highest BCUT2D eigenvalue weighted by molar-refractivity contribution is 5.74. The highest BCUT2D eigenvalue weighted by atomic mass is 16.3. The average molecular weight is 277 g/mol. The van der Waals surface area contributed by atoms with Gasteiger partial charge in [-0.05, 0) is 32.9 Å². The van der Waals surface area contributed by atoms with Crippen molar-refractivity contribution in [3.63, 3.8) is 0 Å². The summed E-state index contributed by atoms with van der Waals surface area (Å²) in [4.78, 5) is 11.9. The fourth-order valence-corrected chi connectivity index (χ4v) is 1.94. The van der Waals surface area contributed by atoms with Crippen molar-refractivity contribution in [1.82, 2.24) is 25.4 Å². The van der Waals surface area contributed by atoms with Gasteiger partial charge in [0.05, 0.1) is 12.1 Å². The Hall–Kier alpha value is -2.31. The van der Waals surface area contributed by atoms with Gasteiger partial charge in [-0.3, -0.25) is 0 Å². The number of hydrogen-bond acceptors (Lipinski definition) is 4. The van der Waals surface area contributed by atoms with Gasteiger partial charge in [0, 0.05) is 7.05 Å². The van der Waals surface area contributed by atoms with Crippen LogP contribution in [-0.2, 0) is 7.05 Å². The maximum Gasteiger partial charge on any atom is 0.315 e. The summed E-state index contributed by atoms with van der Waals surface area (Å²) >= 11 is 0. The molecule has 2 aromatic heterocycles. The molecular weight excluding hydrogens is 258 g/mol. The van der Waals surface area contributed by atoms with Crippen molar-refractivity contribution >= 4 is 6.03 Å². The Morgan fingerprint density at radius 3 is 2.55 bits per heavy atom. The van der Waals surface area contributed by atoms with E-state index in [4.69, 9.17) is 4.42 Å². The molecule has 108 valence electrons. The number of carbonyl (C=O) groups excluding carboxylic acids is 1. The summed E-state index contributed by atoms with van der Waals surface area (Å²) in [7, 11) is 1.83. The molecule has 2 rings (SSSR count). The normalized spacial score (nSPS) is 13.8. The zero-order valence-corrected chi connectivity index (χ0v) is 12.0. The number of nitrogens with one attached hydrogen (secondary N) is 2. The van der Waals surface area contributed by atoms with Crippen LogP contribution in [0.3, 0.4) is 0 Å². The van der Waals surface area contributed by atoms with E-state index in [9.17, 15) is 4.79 Å². The van der Waals surface area contributed by atoms with Crippen molar-refractivity contribution in [3.05, 3.63) is 35.8 Å². The van der Waals surface area contributed by atoms with Gasteiger partial charge in [0.25, 0.3) is 0 Å². The van der Waals surface area contributed by atoms with Gasteiger partial charge < -0.3 is 19.6 Å². The van der Waals surface area contributed by atoms with Crippen molar-refractivity contribution in [2.24, 2.45) is 7.05 Å². The molecule has 0 aliphatic heterocycles. The van der Waals surface area contributed by atoms with E-state index in [1.807, 2.05) is 40.0 Å². The maximum atomic E-state index is 11.9. The molecule has 7 heteroatoms. The second-order valence-electron chi connectivity index (χ2n) is 4.81. The van der Waals surface area contributed by atoms with Crippen LogP contribution in [0.4, 0.5) is 4.79 Å². The first-order valence-electron chi connectivity index (χ1n) is 6.44. The number of urea groups is 1. The minimum Gasteiger partial charge on any atom is -0.464 e. The predicted molar refractivity (Wildman–Crippen MR) is 72.9 cm³/mol. The van der Waals surface area contributed by atoms with Crippen LogP contribution >= 0.6 is 0 Å². The van der Waals surface area contributed by atoms with Gasteiger partial charge in [0.1, 0.15) is 17.8 Å². The molecule has 0 aliphatic rings. The quantitative estimate of drug-likeness (QED) is 0.893. The molecule has 2 aromatic rings. The molecule has 0 aromatic carbocycles. The van der Waals surface area contributed by atoms with Crippen LogP contribution in [0, 0.1) is 6.92 Å². The van der Waals surface area contributed by atoms with E-state index in [-0.39, 0.29) is 18.1 Å². The van der Waals surface area contributed by atoms with E-state index in [1.165, 1.54) is 0 Å². The molecule has 2 atom stereocenters. The molecular formula is C13H19N5O2. The minimum atomic E-state index is -0.276. The average Bonchev–Trinajstić information content (AvgIpc) is 2.97. The second kappa shape index (κ2) is 5.77. The first kappa shape index (κ1) is 14.1. The van der Waals surface area contributed by atoms with Crippen molar-refractivity contribution in [3.8, 4) is 0 Å². The molecule has 2 heterocycles. The van der Waals surface area contributed by atoms with Crippen molar-refractivity contribution in [2.75, 3.05) is 0 Å². The van der Waals surface area contributed by atoms with E-state index in [0.717, 1.165) is 11.5 Å². The number of aromatic nitrogens is 3. The number of nitrogens with zero attached hydrogens (tertiary/aromatic N) is 3. The number of aryl methyl sites for hydroxylation is 2. The summed E-state index contributed by atoms with van der Waals surface area (Å²) < 4.78 is 7.24. The lowest BCUT2D eigenvalue weighted by atomic mass is 10.2. The van der Waals surface area contributed by atoms with Crippen LogP contribution in [0.15, 0.2) is 22.9 Å². The lowest BCUT2D eigenvalue weighted by Gasteiger charge is -2.16. The minimum absolute atomic E-state index is 0.199. The van der Waals surface area contributed by atoms with Crippen molar-refractivity contribution < 1.29 is 9.21 Å². The Kier molecular flexibility index (Phi) is 4.07. The molecule has 0 aliphatic carbocycles. The van der Waals surface area contributed by atoms with E-state index in [1.54, 1.807) is 10.9 Å². The molecule has 0 bridgehead atoms. The van der Waals surface area contributed by atoms with Crippen LogP contribution in [-0.4, -0.2) is 20.8 Å². The van der Waals surface area contributed by atoms with Crippen LogP contribution in [0.2, 0.25) is 0 Å². The molecule has 2 N–H and O–H groups in total. The third-order valence-corrected chi connectivity index (χ3v) is 3.02. The zero-order valence-electron chi connectivity index (χ0n) is 12.0. The van der Waals surface area contributed by atoms with E-state index in [0.29, 0.717) is 5.82 Å². The monoisotopic (exact) mass is 277 g/mol. The Morgan fingerprint density at radius 2 is 2.00 bits per heavy atom. The smallest absolute Gasteiger partial charge is 0.315 e. The van der Waals surface area contributed by atoms with Gasteiger partial charge in [0.2, 0.25) is 0 Å². The summed E-state index contributed by atoms with van der Waals surface area (Å²) in [6, 6.07) is 3.02. The van der Waals surface area contributed by atoms with Crippen molar-refractivity contribution in [1.29, 1.82) is 0 Å². The van der Waals surface area contributed by atoms with E-state index in [2.05, 4.69) is 20.8 Å². The molecule has 2 amide bonds. The number of amides is 2. The fraction of sp³-hybridized carbons (Fsp3) is 0.462. The zero-order chi connectivity index (χ0) is 14.7. The topological polar surface area (TPSA) is 85.0 Å². The third-order valence-electron chi connectivity index (χ3n) is 3.02. The largest absolute Gasteiger partial charge is 0.464 e. The number of rotatable bonds is 4. The van der Waals surface area contributed by atoms with E-state index >= 15 is 0 Å². The number of hydrogen-bond donors (Lipinski definition) is 2. The maximum absolute atomic E-state index is 11.9. The van der Waals surface area contributed by atoms with Crippen LogP contribution in [0.25, 0.3) is 0 Å². The Bertz CT molecular complexity index is 589. The molecule has 0 unspecified atom stereocenters. The van der Waals surface area contributed by atoms with E-state index < -0.39 is 0 Å². The third kappa shape index (κ3) is 3.17. The standard InChI is InChI=1S/C13H19N5O2/c1-8-5-6-11(20-8)9(2)15-13(19)16-10(3)12-17-14-7-18(12)4/h5-7,9-10H,1-4H3,(H2,15,16,19)/t9-,10-/m0/s1.